The molecule has 21 heavy (non-hydrogen) atoms. The Morgan fingerprint density at radius 3 is 2.29 bits per heavy atom. The minimum absolute atomic E-state index is 0.0449. The second-order valence-corrected chi connectivity index (χ2v) is 5.82. The van der Waals surface area contributed by atoms with Crippen molar-refractivity contribution in [2.24, 2.45) is 0 Å². The van der Waals surface area contributed by atoms with Crippen LogP contribution in [0.2, 0.25) is 0 Å². The van der Waals surface area contributed by atoms with Gasteiger partial charge in [-0.1, -0.05) is 19.9 Å². The molecule has 0 saturated carbocycles. The van der Waals surface area contributed by atoms with Crippen LogP contribution >= 0.6 is 0 Å². The zero-order chi connectivity index (χ0) is 15.6. The Bertz CT molecular complexity index is 638. The van der Waals surface area contributed by atoms with Crippen LogP contribution in [0.15, 0.2) is 24.3 Å². The van der Waals surface area contributed by atoms with E-state index in [4.69, 9.17) is 0 Å². The maximum absolute atomic E-state index is 13.2. The van der Waals surface area contributed by atoms with E-state index in [9.17, 15) is 4.39 Å². The summed E-state index contributed by atoms with van der Waals surface area (Å²) in [4.78, 5) is 0. The molecule has 1 heterocycles. The second kappa shape index (κ2) is 6.20. The van der Waals surface area contributed by atoms with Crippen LogP contribution in [0.1, 0.15) is 55.1 Å². The van der Waals surface area contributed by atoms with Gasteiger partial charge in [0.05, 0.1) is 11.7 Å². The number of halogens is 1. The molecule has 0 unspecified atom stereocenters. The van der Waals surface area contributed by atoms with E-state index in [1.54, 1.807) is 6.07 Å². The lowest BCUT2D eigenvalue weighted by molar-refractivity contribution is 0.624. The number of hydrogen-bond acceptors (Lipinski definition) is 3. The van der Waals surface area contributed by atoms with Gasteiger partial charge in [0.1, 0.15) is 5.82 Å². The number of anilines is 1. The van der Waals surface area contributed by atoms with E-state index in [0.717, 1.165) is 28.2 Å². The Balaban J connectivity index is 2.21. The normalized spacial score (nSPS) is 12.5. The molecule has 0 amide bonds. The smallest absolute Gasteiger partial charge is 0.152 e. The van der Waals surface area contributed by atoms with Crippen LogP contribution in [0.4, 0.5) is 10.2 Å². The van der Waals surface area contributed by atoms with Gasteiger partial charge in [-0.15, -0.1) is 5.10 Å². The van der Waals surface area contributed by atoms with Gasteiger partial charge in [-0.05, 0) is 61.6 Å². The molecular weight excluding hydrogens is 265 g/mol. The van der Waals surface area contributed by atoms with Crippen molar-refractivity contribution in [3.05, 3.63) is 52.5 Å². The first-order valence-corrected chi connectivity index (χ1v) is 7.25. The SMILES string of the molecule is Cc1cc(F)ccc1[C@H](C)Nc1nnc(C(C)C)cc1C. The highest BCUT2D eigenvalue weighted by atomic mass is 19.1. The second-order valence-electron chi connectivity index (χ2n) is 5.82. The summed E-state index contributed by atoms with van der Waals surface area (Å²) in [6, 6.07) is 6.95. The van der Waals surface area contributed by atoms with Crippen molar-refractivity contribution >= 4 is 5.82 Å². The van der Waals surface area contributed by atoms with E-state index in [2.05, 4.69) is 35.4 Å². The van der Waals surface area contributed by atoms with E-state index in [-0.39, 0.29) is 11.9 Å². The van der Waals surface area contributed by atoms with Crippen LogP contribution < -0.4 is 5.32 Å². The molecule has 3 nitrogen and oxygen atoms in total. The third kappa shape index (κ3) is 3.57. The topological polar surface area (TPSA) is 37.8 Å². The number of nitrogens with one attached hydrogen (secondary N) is 1. The molecule has 112 valence electrons. The summed E-state index contributed by atoms with van der Waals surface area (Å²) >= 11 is 0. The van der Waals surface area contributed by atoms with Crippen molar-refractivity contribution in [1.82, 2.24) is 10.2 Å². The minimum Gasteiger partial charge on any atom is -0.362 e. The van der Waals surface area contributed by atoms with Crippen molar-refractivity contribution in [3.8, 4) is 0 Å². The summed E-state index contributed by atoms with van der Waals surface area (Å²) in [6.45, 7) is 10.2. The van der Waals surface area contributed by atoms with E-state index in [1.165, 1.54) is 6.07 Å². The largest absolute Gasteiger partial charge is 0.362 e. The fourth-order valence-corrected chi connectivity index (χ4v) is 2.34. The Morgan fingerprint density at radius 1 is 1.00 bits per heavy atom. The Hall–Kier alpha value is -1.97. The van der Waals surface area contributed by atoms with E-state index in [1.807, 2.05) is 26.8 Å². The lowest BCUT2D eigenvalue weighted by atomic mass is 10.0. The molecule has 0 spiro atoms. The molecule has 0 aliphatic heterocycles. The van der Waals surface area contributed by atoms with Gasteiger partial charge in [0.25, 0.3) is 0 Å². The molecule has 0 bridgehead atoms. The number of aromatic nitrogens is 2. The molecule has 1 atom stereocenters. The number of nitrogens with zero attached hydrogens (tertiary/aromatic N) is 2. The highest BCUT2D eigenvalue weighted by molar-refractivity contribution is 5.46. The highest BCUT2D eigenvalue weighted by Crippen LogP contribution is 2.24. The van der Waals surface area contributed by atoms with Crippen molar-refractivity contribution in [1.29, 1.82) is 0 Å². The van der Waals surface area contributed by atoms with Gasteiger partial charge >= 0.3 is 0 Å². The molecule has 0 fully saturated rings. The molecule has 1 aromatic heterocycles. The van der Waals surface area contributed by atoms with Gasteiger partial charge in [-0.2, -0.15) is 5.10 Å². The fourth-order valence-electron chi connectivity index (χ4n) is 2.34. The van der Waals surface area contributed by atoms with Crippen molar-refractivity contribution in [3.63, 3.8) is 0 Å². The van der Waals surface area contributed by atoms with Gasteiger partial charge in [-0.25, -0.2) is 4.39 Å². The lowest BCUT2D eigenvalue weighted by Gasteiger charge is -2.18. The molecule has 0 radical (unpaired) electrons. The van der Waals surface area contributed by atoms with Crippen molar-refractivity contribution in [2.75, 3.05) is 5.32 Å². The molecule has 0 saturated heterocycles. The van der Waals surface area contributed by atoms with Gasteiger partial charge in [-0.3, -0.25) is 0 Å². The molecule has 1 aromatic carbocycles. The predicted molar refractivity (Wildman–Crippen MR) is 84.0 cm³/mol. The van der Waals surface area contributed by atoms with Crippen LogP contribution in [0, 0.1) is 19.7 Å². The van der Waals surface area contributed by atoms with Crippen molar-refractivity contribution < 1.29 is 4.39 Å². The van der Waals surface area contributed by atoms with Crippen LogP contribution in [0.25, 0.3) is 0 Å². The zero-order valence-electron chi connectivity index (χ0n) is 13.2. The van der Waals surface area contributed by atoms with Gasteiger partial charge in [0.2, 0.25) is 0 Å². The van der Waals surface area contributed by atoms with Crippen molar-refractivity contribution in [2.45, 2.75) is 46.6 Å². The quantitative estimate of drug-likeness (QED) is 0.897. The summed E-state index contributed by atoms with van der Waals surface area (Å²) in [7, 11) is 0. The summed E-state index contributed by atoms with van der Waals surface area (Å²) in [5.41, 5.74) is 4.05. The predicted octanol–water partition coefficient (Wildman–Crippen LogP) is 4.53. The number of benzene rings is 1. The standard InChI is InChI=1S/C17H22FN3/c1-10(2)16-9-12(4)17(21-20-16)19-13(5)15-7-6-14(18)8-11(15)3/h6-10,13H,1-5H3,(H,19,21)/t13-/m0/s1. The van der Waals surface area contributed by atoms with Gasteiger partial charge in [0, 0.05) is 0 Å². The molecule has 4 heteroatoms. The Morgan fingerprint density at radius 2 is 1.71 bits per heavy atom. The first-order valence-electron chi connectivity index (χ1n) is 7.25. The Labute approximate surface area is 125 Å². The number of aryl methyl sites for hydroxylation is 2. The highest BCUT2D eigenvalue weighted by Gasteiger charge is 2.12. The summed E-state index contributed by atoms with van der Waals surface area (Å²) < 4.78 is 13.2. The third-order valence-corrected chi connectivity index (χ3v) is 3.65. The van der Waals surface area contributed by atoms with E-state index >= 15 is 0 Å². The summed E-state index contributed by atoms with van der Waals surface area (Å²) in [5, 5.41) is 11.9. The van der Waals surface area contributed by atoms with E-state index < -0.39 is 0 Å². The van der Waals surface area contributed by atoms with Gasteiger partial charge in [0.15, 0.2) is 5.82 Å². The number of hydrogen-bond donors (Lipinski definition) is 1. The molecule has 2 rings (SSSR count). The fraction of sp³-hybridized carbons (Fsp3) is 0.412. The Kier molecular flexibility index (Phi) is 4.56. The first kappa shape index (κ1) is 15.4. The zero-order valence-corrected chi connectivity index (χ0v) is 13.2. The van der Waals surface area contributed by atoms with Crippen LogP contribution in [0.5, 0.6) is 0 Å². The third-order valence-electron chi connectivity index (χ3n) is 3.65. The molecule has 0 aliphatic rings. The van der Waals surface area contributed by atoms with E-state index in [0.29, 0.717) is 5.92 Å². The molecule has 0 aliphatic carbocycles. The average molecular weight is 287 g/mol. The molecule has 1 N–H and O–H groups in total. The summed E-state index contributed by atoms with van der Waals surface area (Å²) in [6.07, 6.45) is 0. The molecular formula is C17H22FN3. The monoisotopic (exact) mass is 287 g/mol. The van der Waals surface area contributed by atoms with Crippen LogP contribution in [-0.4, -0.2) is 10.2 Å². The maximum atomic E-state index is 13.2. The minimum atomic E-state index is -0.208. The van der Waals surface area contributed by atoms with Crippen LogP contribution in [-0.2, 0) is 0 Å². The maximum Gasteiger partial charge on any atom is 0.152 e. The lowest BCUT2D eigenvalue weighted by Crippen LogP contribution is -2.12. The molecule has 2 aromatic rings. The first-order chi connectivity index (χ1) is 9.88. The van der Waals surface area contributed by atoms with Crippen LogP contribution in [0.3, 0.4) is 0 Å². The summed E-state index contributed by atoms with van der Waals surface area (Å²) in [5.74, 6) is 0.929. The number of rotatable bonds is 4. The van der Waals surface area contributed by atoms with Gasteiger partial charge < -0.3 is 5.32 Å². The average Bonchev–Trinajstić information content (AvgIpc) is 2.40.